The van der Waals surface area contributed by atoms with E-state index in [1.165, 1.54) is 22.3 Å². The molecule has 2 aliphatic rings. The van der Waals surface area contributed by atoms with Gasteiger partial charge in [-0.1, -0.05) is 83.1 Å². The van der Waals surface area contributed by atoms with Gasteiger partial charge in [-0.25, -0.2) is 0 Å². The molecule has 0 heteroatoms. The lowest BCUT2D eigenvalue weighted by atomic mass is 9.42. The summed E-state index contributed by atoms with van der Waals surface area (Å²) >= 11 is 0. The topological polar surface area (TPSA) is 0 Å². The lowest BCUT2D eigenvalue weighted by molar-refractivity contribution is 0.0801. The molecule has 0 aliphatic heterocycles. The van der Waals surface area contributed by atoms with Crippen molar-refractivity contribution in [2.45, 2.75) is 132 Å². The van der Waals surface area contributed by atoms with Crippen molar-refractivity contribution in [3.63, 3.8) is 0 Å². The molecule has 4 rings (SSSR count). The van der Waals surface area contributed by atoms with E-state index < -0.39 is 0 Å². The summed E-state index contributed by atoms with van der Waals surface area (Å²) in [5.74, 6) is 0. The van der Waals surface area contributed by atoms with Crippen LogP contribution in [-0.2, 0) is 21.7 Å². The summed E-state index contributed by atoms with van der Waals surface area (Å²) in [5, 5.41) is 3.21. The summed E-state index contributed by atoms with van der Waals surface area (Å²) in [6.45, 7) is 39.8. The van der Waals surface area contributed by atoms with Gasteiger partial charge in [0.15, 0.2) is 0 Å². The summed E-state index contributed by atoms with van der Waals surface area (Å²) in [4.78, 5) is 0. The third-order valence-electron chi connectivity index (χ3n) is 12.6. The quantitative estimate of drug-likeness (QED) is 0.389. The van der Waals surface area contributed by atoms with Crippen molar-refractivity contribution in [1.29, 1.82) is 0 Å². The largest absolute Gasteiger partial charge is 0.0582 e. The highest BCUT2D eigenvalue weighted by Crippen LogP contribution is 2.68. The van der Waals surface area contributed by atoms with Crippen LogP contribution in [0.25, 0.3) is 10.8 Å². The van der Waals surface area contributed by atoms with Crippen LogP contribution in [-0.4, -0.2) is 0 Å². The van der Waals surface area contributed by atoms with Crippen molar-refractivity contribution < 1.29 is 0 Å². The Hall–Kier alpha value is -1.30. The number of benzene rings is 2. The number of hydrogen-bond acceptors (Lipinski definition) is 0. The van der Waals surface area contributed by atoms with Crippen LogP contribution in [0.1, 0.15) is 128 Å². The van der Waals surface area contributed by atoms with Crippen LogP contribution < -0.4 is 0 Å². The lowest BCUT2D eigenvalue weighted by Crippen LogP contribution is -2.56. The van der Waals surface area contributed by atoms with E-state index in [4.69, 9.17) is 0 Å². The van der Waals surface area contributed by atoms with Gasteiger partial charge in [0, 0.05) is 0 Å². The first kappa shape index (κ1) is 23.8. The Morgan fingerprint density at radius 2 is 0.469 bits per heavy atom. The van der Waals surface area contributed by atoms with Gasteiger partial charge in [0.1, 0.15) is 0 Å². The lowest BCUT2D eigenvalue weighted by Gasteiger charge is -2.62. The van der Waals surface area contributed by atoms with E-state index in [1.54, 1.807) is 33.0 Å². The smallest absolute Gasteiger partial charge is 0.00352 e. The number of rotatable bonds is 0. The molecule has 0 nitrogen and oxygen atoms in total. The van der Waals surface area contributed by atoms with E-state index in [0.29, 0.717) is 0 Å². The minimum Gasteiger partial charge on any atom is -0.0582 e. The molecule has 0 heterocycles. The molecule has 0 unspecified atom stereocenters. The molecule has 0 saturated carbocycles. The van der Waals surface area contributed by atoms with Crippen LogP contribution >= 0.6 is 0 Å². The van der Waals surface area contributed by atoms with E-state index in [1.807, 2.05) is 0 Å². The van der Waals surface area contributed by atoms with Gasteiger partial charge in [-0.15, -0.1) is 0 Å². The molecule has 0 atom stereocenters. The Balaban J connectivity index is 2.49. The van der Waals surface area contributed by atoms with E-state index in [-0.39, 0.29) is 32.5 Å². The van der Waals surface area contributed by atoms with Gasteiger partial charge in [0.25, 0.3) is 0 Å². The molecule has 32 heavy (non-hydrogen) atoms. The van der Waals surface area contributed by atoms with Gasteiger partial charge in [-0.05, 0) is 115 Å². The van der Waals surface area contributed by atoms with E-state index in [2.05, 4.69) is 111 Å². The average Bonchev–Trinajstić information content (AvgIpc) is 2.61. The first-order chi connectivity index (χ1) is 14.1. The molecule has 0 amide bonds. The van der Waals surface area contributed by atoms with Crippen molar-refractivity contribution in [2.75, 3.05) is 0 Å². The molecule has 0 N–H and O–H groups in total. The zero-order valence-electron chi connectivity index (χ0n) is 24.0. The molecule has 2 aliphatic carbocycles. The van der Waals surface area contributed by atoms with E-state index in [0.717, 1.165) is 0 Å². The molecule has 2 aromatic rings. The van der Waals surface area contributed by atoms with Crippen molar-refractivity contribution >= 4 is 10.8 Å². The van der Waals surface area contributed by atoms with Gasteiger partial charge >= 0.3 is 0 Å². The van der Waals surface area contributed by atoms with Crippen LogP contribution in [0.2, 0.25) is 0 Å². The highest BCUT2D eigenvalue weighted by Gasteiger charge is 2.60. The van der Waals surface area contributed by atoms with Crippen LogP contribution in [0.4, 0.5) is 0 Å². The van der Waals surface area contributed by atoms with Crippen LogP contribution in [0, 0.1) is 38.5 Å². The third-order valence-corrected chi connectivity index (χ3v) is 12.6. The fourth-order valence-corrected chi connectivity index (χ4v) is 8.19. The molecule has 0 aromatic heterocycles. The second-order valence-electron chi connectivity index (χ2n) is 14.5. The van der Waals surface area contributed by atoms with Gasteiger partial charge in [0.05, 0.1) is 0 Å². The molecule has 0 spiro atoms. The van der Waals surface area contributed by atoms with E-state index >= 15 is 0 Å². The third kappa shape index (κ3) is 2.09. The Bertz CT molecular complexity index is 1010. The highest BCUT2D eigenvalue weighted by atomic mass is 14.6. The standard InChI is InChI=1S/C32H48/c1-17-18(2)24-22-21-23(17)27(5,6)31(13,14)29(9,10)25(21)19(3)20(4)26(22)30(11,12)32(15,16)28(24,7)8/h1-16H3. The Labute approximate surface area is 198 Å². The molecule has 0 bridgehead atoms. The predicted octanol–water partition coefficient (Wildman–Crippen LogP) is 9.26. The fourth-order valence-electron chi connectivity index (χ4n) is 8.19. The fraction of sp³-hybridized carbons (Fsp3) is 0.688. The van der Waals surface area contributed by atoms with E-state index in [9.17, 15) is 0 Å². The Morgan fingerprint density at radius 3 is 0.625 bits per heavy atom. The first-order valence-electron chi connectivity index (χ1n) is 12.8. The zero-order chi connectivity index (χ0) is 24.8. The minimum atomic E-state index is 0.0804. The normalized spacial score (nSPS) is 25.1. The second-order valence-corrected chi connectivity index (χ2v) is 14.5. The Kier molecular flexibility index (Phi) is 4.35. The van der Waals surface area contributed by atoms with Crippen LogP contribution in [0.5, 0.6) is 0 Å². The van der Waals surface area contributed by atoms with Crippen molar-refractivity contribution in [1.82, 2.24) is 0 Å². The monoisotopic (exact) mass is 432 g/mol. The average molecular weight is 433 g/mol. The summed E-state index contributed by atoms with van der Waals surface area (Å²) in [6.07, 6.45) is 0. The van der Waals surface area contributed by atoms with Crippen molar-refractivity contribution in [2.24, 2.45) is 10.8 Å². The van der Waals surface area contributed by atoms with Gasteiger partial charge in [0.2, 0.25) is 0 Å². The molecular formula is C32H48. The molecule has 0 saturated heterocycles. The minimum absolute atomic E-state index is 0.0804. The molecule has 176 valence electrons. The SMILES string of the molecule is Cc1c(C)c2c3c(c(C)c(C)c4c3c1C(C)(C)C(C)(C)C4(C)C)C(C)(C)C(C)(C)C2(C)C. The summed E-state index contributed by atoms with van der Waals surface area (Å²) < 4.78 is 0. The van der Waals surface area contributed by atoms with Crippen LogP contribution in [0.3, 0.4) is 0 Å². The first-order valence-corrected chi connectivity index (χ1v) is 12.8. The Morgan fingerprint density at radius 1 is 0.312 bits per heavy atom. The predicted molar refractivity (Wildman–Crippen MR) is 143 cm³/mol. The second kappa shape index (κ2) is 5.84. The molecular weight excluding hydrogens is 384 g/mol. The summed E-state index contributed by atoms with van der Waals surface area (Å²) in [6, 6.07) is 0. The summed E-state index contributed by atoms with van der Waals surface area (Å²) in [7, 11) is 0. The van der Waals surface area contributed by atoms with Crippen molar-refractivity contribution in [3.8, 4) is 0 Å². The zero-order valence-corrected chi connectivity index (χ0v) is 24.0. The van der Waals surface area contributed by atoms with Gasteiger partial charge in [-0.2, -0.15) is 0 Å². The summed E-state index contributed by atoms with van der Waals surface area (Å²) in [5.41, 5.74) is 13.2. The maximum atomic E-state index is 2.51. The number of hydrogen-bond donors (Lipinski definition) is 0. The molecule has 0 radical (unpaired) electrons. The molecule has 2 aromatic carbocycles. The molecule has 0 fully saturated rings. The van der Waals surface area contributed by atoms with Gasteiger partial charge < -0.3 is 0 Å². The highest BCUT2D eigenvalue weighted by molar-refractivity contribution is 6.02. The van der Waals surface area contributed by atoms with Gasteiger partial charge in [-0.3, -0.25) is 0 Å². The maximum absolute atomic E-state index is 2.51. The van der Waals surface area contributed by atoms with Crippen molar-refractivity contribution in [3.05, 3.63) is 44.5 Å². The van der Waals surface area contributed by atoms with Crippen LogP contribution in [0.15, 0.2) is 0 Å². The maximum Gasteiger partial charge on any atom is -0.00352 e.